The van der Waals surface area contributed by atoms with Crippen LogP contribution in [0.15, 0.2) is 18.2 Å². The van der Waals surface area contributed by atoms with Gasteiger partial charge in [0.2, 0.25) is 0 Å². The molecule has 0 heterocycles. The second-order valence-electron chi connectivity index (χ2n) is 4.23. The van der Waals surface area contributed by atoms with Gasteiger partial charge in [-0.05, 0) is 31.9 Å². The molecular formula is C14H23NO2. The average Bonchev–Trinajstić information content (AvgIpc) is 2.33. The minimum Gasteiger partial charge on any atom is -0.507 e. The monoisotopic (exact) mass is 237 g/mol. The molecule has 1 rings (SSSR count). The second-order valence-corrected chi connectivity index (χ2v) is 4.23. The summed E-state index contributed by atoms with van der Waals surface area (Å²) in [6.07, 6.45) is 2.08. The number of ether oxygens (including phenoxy) is 1. The lowest BCUT2D eigenvalue weighted by atomic mass is 10.1. The van der Waals surface area contributed by atoms with Gasteiger partial charge in [-0.3, -0.25) is 0 Å². The number of hydrogen-bond acceptors (Lipinski definition) is 3. The van der Waals surface area contributed by atoms with Crippen LogP contribution in [0.2, 0.25) is 0 Å². The summed E-state index contributed by atoms with van der Waals surface area (Å²) in [5, 5.41) is 13.1. The Labute approximate surface area is 104 Å². The van der Waals surface area contributed by atoms with Crippen molar-refractivity contribution in [1.29, 1.82) is 0 Å². The molecule has 1 aromatic rings. The maximum absolute atomic E-state index is 9.81. The van der Waals surface area contributed by atoms with Crippen LogP contribution in [-0.4, -0.2) is 24.9 Å². The third kappa shape index (κ3) is 5.20. The van der Waals surface area contributed by atoms with Gasteiger partial charge in [0.25, 0.3) is 0 Å². The number of hydrogen-bond donors (Lipinski definition) is 2. The summed E-state index contributed by atoms with van der Waals surface area (Å²) in [5.41, 5.74) is 1.88. The van der Waals surface area contributed by atoms with Crippen molar-refractivity contribution in [2.24, 2.45) is 0 Å². The van der Waals surface area contributed by atoms with E-state index in [2.05, 4.69) is 12.2 Å². The first-order valence-corrected chi connectivity index (χ1v) is 6.31. The van der Waals surface area contributed by atoms with Crippen molar-refractivity contribution in [1.82, 2.24) is 5.32 Å². The molecule has 3 nitrogen and oxygen atoms in total. The fourth-order valence-electron chi connectivity index (χ4n) is 1.63. The van der Waals surface area contributed by atoms with Crippen molar-refractivity contribution >= 4 is 0 Å². The summed E-state index contributed by atoms with van der Waals surface area (Å²) in [6, 6.07) is 5.83. The SMILES string of the molecule is CCCOCCCNCc1cccc(C)c1O. The quantitative estimate of drug-likeness (QED) is 0.683. The third-order valence-corrected chi connectivity index (χ3v) is 2.63. The maximum atomic E-state index is 9.81. The van der Waals surface area contributed by atoms with E-state index in [9.17, 15) is 5.11 Å². The first-order valence-electron chi connectivity index (χ1n) is 6.31. The summed E-state index contributed by atoms with van der Waals surface area (Å²) >= 11 is 0. The summed E-state index contributed by atoms with van der Waals surface area (Å²) in [6.45, 7) is 7.30. The summed E-state index contributed by atoms with van der Waals surface area (Å²) < 4.78 is 5.39. The topological polar surface area (TPSA) is 41.5 Å². The predicted molar refractivity (Wildman–Crippen MR) is 70.3 cm³/mol. The Balaban J connectivity index is 2.16. The van der Waals surface area contributed by atoms with E-state index in [-0.39, 0.29) is 0 Å². The van der Waals surface area contributed by atoms with Crippen molar-refractivity contribution < 1.29 is 9.84 Å². The highest BCUT2D eigenvalue weighted by molar-refractivity contribution is 5.39. The van der Waals surface area contributed by atoms with E-state index in [1.54, 1.807) is 0 Å². The molecular weight excluding hydrogens is 214 g/mol. The Morgan fingerprint density at radius 2 is 2.12 bits per heavy atom. The van der Waals surface area contributed by atoms with E-state index in [1.807, 2.05) is 25.1 Å². The predicted octanol–water partition coefficient (Wildman–Crippen LogP) is 2.61. The maximum Gasteiger partial charge on any atom is 0.122 e. The Morgan fingerprint density at radius 3 is 2.88 bits per heavy atom. The van der Waals surface area contributed by atoms with Gasteiger partial charge in [0.05, 0.1) is 0 Å². The van der Waals surface area contributed by atoms with Gasteiger partial charge in [-0.1, -0.05) is 25.1 Å². The van der Waals surface area contributed by atoms with E-state index < -0.39 is 0 Å². The average molecular weight is 237 g/mol. The summed E-state index contributed by atoms with van der Waals surface area (Å²) in [4.78, 5) is 0. The molecule has 0 amide bonds. The van der Waals surface area contributed by atoms with Gasteiger partial charge in [0, 0.05) is 25.3 Å². The number of para-hydroxylation sites is 1. The van der Waals surface area contributed by atoms with E-state index in [0.717, 1.165) is 43.7 Å². The van der Waals surface area contributed by atoms with Crippen molar-refractivity contribution in [3.8, 4) is 5.75 Å². The van der Waals surface area contributed by atoms with E-state index in [1.165, 1.54) is 0 Å². The Kier molecular flexibility index (Phi) is 6.67. The van der Waals surface area contributed by atoms with E-state index in [4.69, 9.17) is 4.74 Å². The van der Waals surface area contributed by atoms with Gasteiger partial charge in [-0.25, -0.2) is 0 Å². The highest BCUT2D eigenvalue weighted by Crippen LogP contribution is 2.20. The molecule has 2 N–H and O–H groups in total. The number of rotatable bonds is 8. The van der Waals surface area contributed by atoms with Gasteiger partial charge in [-0.2, -0.15) is 0 Å². The van der Waals surface area contributed by atoms with Crippen molar-refractivity contribution in [3.63, 3.8) is 0 Å². The minimum atomic E-state index is 0.405. The second kappa shape index (κ2) is 8.09. The van der Waals surface area contributed by atoms with Gasteiger partial charge < -0.3 is 15.2 Å². The van der Waals surface area contributed by atoms with Crippen LogP contribution < -0.4 is 5.32 Å². The van der Waals surface area contributed by atoms with Crippen LogP contribution in [0.3, 0.4) is 0 Å². The molecule has 0 aliphatic heterocycles. The van der Waals surface area contributed by atoms with Crippen LogP contribution in [0, 0.1) is 6.92 Å². The molecule has 3 heteroatoms. The lowest BCUT2D eigenvalue weighted by Crippen LogP contribution is -2.16. The highest BCUT2D eigenvalue weighted by atomic mass is 16.5. The van der Waals surface area contributed by atoms with Crippen LogP contribution in [0.5, 0.6) is 5.75 Å². The molecule has 0 unspecified atom stereocenters. The van der Waals surface area contributed by atoms with E-state index >= 15 is 0 Å². The van der Waals surface area contributed by atoms with Crippen molar-refractivity contribution in [3.05, 3.63) is 29.3 Å². The zero-order chi connectivity index (χ0) is 12.5. The summed E-state index contributed by atoms with van der Waals surface area (Å²) in [5.74, 6) is 0.405. The Hall–Kier alpha value is -1.06. The first kappa shape index (κ1) is 14.0. The van der Waals surface area contributed by atoms with Crippen molar-refractivity contribution in [2.45, 2.75) is 33.2 Å². The van der Waals surface area contributed by atoms with Gasteiger partial charge >= 0.3 is 0 Å². The molecule has 96 valence electrons. The molecule has 0 saturated heterocycles. The number of phenolic OH excluding ortho intramolecular Hbond substituents is 1. The number of phenols is 1. The largest absolute Gasteiger partial charge is 0.507 e. The molecule has 17 heavy (non-hydrogen) atoms. The first-order chi connectivity index (χ1) is 8.25. The molecule has 0 bridgehead atoms. The lowest BCUT2D eigenvalue weighted by molar-refractivity contribution is 0.132. The van der Waals surface area contributed by atoms with Gasteiger partial charge in [-0.15, -0.1) is 0 Å². The lowest BCUT2D eigenvalue weighted by Gasteiger charge is -2.08. The van der Waals surface area contributed by atoms with Gasteiger partial charge in [0.1, 0.15) is 5.75 Å². The smallest absolute Gasteiger partial charge is 0.122 e. The van der Waals surface area contributed by atoms with Crippen LogP contribution in [0.25, 0.3) is 0 Å². The van der Waals surface area contributed by atoms with Gasteiger partial charge in [0.15, 0.2) is 0 Å². The molecule has 0 atom stereocenters. The zero-order valence-corrected chi connectivity index (χ0v) is 10.8. The minimum absolute atomic E-state index is 0.405. The molecule has 0 radical (unpaired) electrons. The highest BCUT2D eigenvalue weighted by Gasteiger charge is 2.02. The summed E-state index contributed by atoms with van der Waals surface area (Å²) in [7, 11) is 0. The molecule has 0 spiro atoms. The number of benzene rings is 1. The molecule has 1 aromatic carbocycles. The number of aryl methyl sites for hydroxylation is 1. The van der Waals surface area contributed by atoms with Crippen LogP contribution in [0.4, 0.5) is 0 Å². The van der Waals surface area contributed by atoms with Crippen LogP contribution in [-0.2, 0) is 11.3 Å². The zero-order valence-electron chi connectivity index (χ0n) is 10.8. The number of nitrogens with one attached hydrogen (secondary N) is 1. The number of aromatic hydroxyl groups is 1. The Morgan fingerprint density at radius 1 is 1.29 bits per heavy atom. The molecule has 0 saturated carbocycles. The van der Waals surface area contributed by atoms with Crippen LogP contribution >= 0.6 is 0 Å². The fourth-order valence-corrected chi connectivity index (χ4v) is 1.63. The molecule has 0 fully saturated rings. The van der Waals surface area contributed by atoms with E-state index in [0.29, 0.717) is 12.3 Å². The fraction of sp³-hybridized carbons (Fsp3) is 0.571. The molecule has 0 aliphatic carbocycles. The van der Waals surface area contributed by atoms with Crippen LogP contribution in [0.1, 0.15) is 30.9 Å². The standard InChI is InChI=1S/C14H23NO2/c1-3-9-17-10-5-8-15-11-13-7-4-6-12(2)14(13)16/h4,6-7,15-16H,3,5,8-11H2,1-2H3. The molecule has 0 aliphatic rings. The normalized spacial score (nSPS) is 10.7. The Bertz CT molecular complexity index is 326. The third-order valence-electron chi connectivity index (χ3n) is 2.63. The van der Waals surface area contributed by atoms with Crippen molar-refractivity contribution in [2.75, 3.05) is 19.8 Å². The molecule has 0 aromatic heterocycles.